The Morgan fingerprint density at radius 1 is 1.57 bits per heavy atom. The van der Waals surface area contributed by atoms with E-state index >= 15 is 0 Å². The highest BCUT2D eigenvalue weighted by molar-refractivity contribution is 5.83. The van der Waals surface area contributed by atoms with Gasteiger partial charge >= 0.3 is 0 Å². The van der Waals surface area contributed by atoms with Crippen molar-refractivity contribution in [3.63, 3.8) is 0 Å². The van der Waals surface area contributed by atoms with Crippen LogP contribution in [-0.4, -0.2) is 17.1 Å². The molecule has 0 fully saturated rings. The van der Waals surface area contributed by atoms with Crippen LogP contribution in [0.2, 0.25) is 0 Å². The first-order valence-corrected chi connectivity index (χ1v) is 4.19. The van der Waals surface area contributed by atoms with E-state index in [0.29, 0.717) is 5.69 Å². The molecular weight excluding hydrogens is 182 g/mol. The van der Waals surface area contributed by atoms with E-state index < -0.39 is 6.04 Å². The van der Waals surface area contributed by atoms with Gasteiger partial charge in [-0.05, 0) is 19.1 Å². The van der Waals surface area contributed by atoms with Crippen LogP contribution in [0.4, 0.5) is 5.69 Å². The van der Waals surface area contributed by atoms with Crippen molar-refractivity contribution in [1.82, 2.24) is 5.43 Å². The van der Waals surface area contributed by atoms with Gasteiger partial charge in [0.2, 0.25) is 0 Å². The minimum atomic E-state index is -0.443. The monoisotopic (exact) mass is 195 g/mol. The second kappa shape index (κ2) is 4.48. The van der Waals surface area contributed by atoms with E-state index in [9.17, 15) is 4.79 Å². The van der Waals surface area contributed by atoms with Crippen LogP contribution in [0.15, 0.2) is 24.3 Å². The summed E-state index contributed by atoms with van der Waals surface area (Å²) in [6.07, 6.45) is 0. The van der Waals surface area contributed by atoms with Crippen molar-refractivity contribution in [3.8, 4) is 5.75 Å². The Balaban J connectivity index is 2.64. The molecule has 5 nitrogen and oxygen atoms in total. The molecule has 0 saturated heterocycles. The van der Waals surface area contributed by atoms with Crippen LogP contribution in [0.3, 0.4) is 0 Å². The second-order valence-corrected chi connectivity index (χ2v) is 2.92. The van der Waals surface area contributed by atoms with E-state index in [1.54, 1.807) is 25.1 Å². The van der Waals surface area contributed by atoms with Gasteiger partial charge in [0, 0.05) is 11.8 Å². The van der Waals surface area contributed by atoms with E-state index in [0.717, 1.165) is 0 Å². The predicted molar refractivity (Wildman–Crippen MR) is 53.5 cm³/mol. The van der Waals surface area contributed by atoms with Gasteiger partial charge in [0.25, 0.3) is 5.91 Å². The van der Waals surface area contributed by atoms with Crippen LogP contribution in [-0.2, 0) is 4.79 Å². The summed E-state index contributed by atoms with van der Waals surface area (Å²) < 4.78 is 0. The van der Waals surface area contributed by atoms with Gasteiger partial charge in [0.1, 0.15) is 11.8 Å². The maximum atomic E-state index is 11.0. The number of amides is 1. The average molecular weight is 195 g/mol. The molecule has 1 atom stereocenters. The molecule has 0 saturated carbocycles. The molecule has 76 valence electrons. The van der Waals surface area contributed by atoms with E-state index in [4.69, 9.17) is 10.9 Å². The summed E-state index contributed by atoms with van der Waals surface area (Å²) in [7, 11) is 0. The largest absolute Gasteiger partial charge is 0.508 e. The number of carbonyl (C=O) groups is 1. The summed E-state index contributed by atoms with van der Waals surface area (Å²) in [6.45, 7) is 1.67. The molecule has 1 rings (SSSR count). The molecule has 5 heteroatoms. The SMILES string of the molecule is C[C@H](Nc1cccc(O)c1)C(=O)NN. The Bertz CT molecular complexity index is 328. The summed E-state index contributed by atoms with van der Waals surface area (Å²) in [6, 6.07) is 6.07. The van der Waals surface area contributed by atoms with Crippen LogP contribution in [0, 0.1) is 0 Å². The first-order chi connectivity index (χ1) is 6.63. The molecule has 0 bridgehead atoms. The van der Waals surface area contributed by atoms with Crippen LogP contribution >= 0.6 is 0 Å². The number of anilines is 1. The molecule has 0 aliphatic rings. The molecular formula is C9H13N3O2. The van der Waals surface area contributed by atoms with Crippen molar-refractivity contribution in [2.45, 2.75) is 13.0 Å². The Kier molecular flexibility index (Phi) is 3.30. The molecule has 0 radical (unpaired) electrons. The highest BCUT2D eigenvalue weighted by Crippen LogP contribution is 2.15. The van der Waals surface area contributed by atoms with Crippen molar-refractivity contribution in [2.75, 3.05) is 5.32 Å². The second-order valence-electron chi connectivity index (χ2n) is 2.92. The standard InChI is InChI=1S/C9H13N3O2/c1-6(9(14)12-10)11-7-3-2-4-8(13)5-7/h2-6,11,13H,10H2,1H3,(H,12,14)/t6-/m0/s1. The Hall–Kier alpha value is -1.75. The number of hydrazine groups is 1. The lowest BCUT2D eigenvalue weighted by Gasteiger charge is -2.13. The van der Waals surface area contributed by atoms with Gasteiger partial charge < -0.3 is 10.4 Å². The summed E-state index contributed by atoms with van der Waals surface area (Å²) >= 11 is 0. The summed E-state index contributed by atoms with van der Waals surface area (Å²) in [5, 5.41) is 12.0. The summed E-state index contributed by atoms with van der Waals surface area (Å²) in [4.78, 5) is 11.0. The minimum absolute atomic E-state index is 0.148. The third-order valence-electron chi connectivity index (χ3n) is 1.76. The number of phenolic OH excluding ortho intramolecular Hbond substituents is 1. The average Bonchev–Trinajstić information content (AvgIpc) is 2.16. The lowest BCUT2D eigenvalue weighted by atomic mass is 10.2. The summed E-state index contributed by atoms with van der Waals surface area (Å²) in [5.41, 5.74) is 2.70. The molecule has 1 aromatic carbocycles. The fraction of sp³-hybridized carbons (Fsp3) is 0.222. The molecule has 0 spiro atoms. The molecule has 0 aliphatic heterocycles. The van der Waals surface area contributed by atoms with Gasteiger partial charge in [-0.1, -0.05) is 6.07 Å². The van der Waals surface area contributed by atoms with E-state index in [2.05, 4.69) is 5.32 Å². The van der Waals surface area contributed by atoms with Crippen LogP contribution in [0.1, 0.15) is 6.92 Å². The quantitative estimate of drug-likeness (QED) is 0.315. The van der Waals surface area contributed by atoms with E-state index in [1.807, 2.05) is 5.43 Å². The zero-order chi connectivity index (χ0) is 10.6. The first-order valence-electron chi connectivity index (χ1n) is 4.19. The van der Waals surface area contributed by atoms with Crippen LogP contribution in [0.25, 0.3) is 0 Å². The number of carbonyl (C=O) groups excluding carboxylic acids is 1. The topological polar surface area (TPSA) is 87.4 Å². The number of rotatable bonds is 3. The molecule has 1 aromatic rings. The Labute approximate surface area is 81.9 Å². The van der Waals surface area contributed by atoms with E-state index in [1.165, 1.54) is 6.07 Å². The van der Waals surface area contributed by atoms with Gasteiger partial charge in [-0.2, -0.15) is 0 Å². The van der Waals surface area contributed by atoms with Gasteiger partial charge in [0.05, 0.1) is 0 Å². The zero-order valence-electron chi connectivity index (χ0n) is 7.82. The van der Waals surface area contributed by atoms with Gasteiger partial charge in [-0.25, -0.2) is 5.84 Å². The lowest BCUT2D eigenvalue weighted by Crippen LogP contribution is -2.41. The normalized spacial score (nSPS) is 11.9. The highest BCUT2D eigenvalue weighted by Gasteiger charge is 2.10. The first kappa shape index (κ1) is 10.3. The smallest absolute Gasteiger partial charge is 0.256 e. The Morgan fingerprint density at radius 2 is 2.29 bits per heavy atom. The molecule has 0 aliphatic carbocycles. The minimum Gasteiger partial charge on any atom is -0.508 e. The molecule has 1 amide bonds. The van der Waals surface area contributed by atoms with Crippen molar-refractivity contribution in [2.24, 2.45) is 5.84 Å². The molecule has 5 N–H and O–H groups in total. The van der Waals surface area contributed by atoms with Crippen molar-refractivity contribution in [1.29, 1.82) is 0 Å². The molecule has 0 unspecified atom stereocenters. The van der Waals surface area contributed by atoms with Gasteiger partial charge in [0.15, 0.2) is 0 Å². The molecule has 14 heavy (non-hydrogen) atoms. The van der Waals surface area contributed by atoms with Crippen molar-refractivity contribution >= 4 is 11.6 Å². The number of aromatic hydroxyl groups is 1. The lowest BCUT2D eigenvalue weighted by molar-refractivity contribution is -0.121. The molecule has 0 aromatic heterocycles. The summed E-state index contributed by atoms with van der Waals surface area (Å²) in [5.74, 6) is 4.80. The number of hydrogen-bond donors (Lipinski definition) is 4. The molecule has 0 heterocycles. The van der Waals surface area contributed by atoms with Crippen LogP contribution in [0.5, 0.6) is 5.75 Å². The third-order valence-corrected chi connectivity index (χ3v) is 1.76. The number of benzene rings is 1. The highest BCUT2D eigenvalue weighted by atomic mass is 16.3. The van der Waals surface area contributed by atoms with Crippen molar-refractivity contribution < 1.29 is 9.90 Å². The number of phenols is 1. The van der Waals surface area contributed by atoms with Crippen LogP contribution < -0.4 is 16.6 Å². The van der Waals surface area contributed by atoms with Crippen molar-refractivity contribution in [3.05, 3.63) is 24.3 Å². The number of nitrogens with two attached hydrogens (primary N) is 1. The van der Waals surface area contributed by atoms with Gasteiger partial charge in [-0.3, -0.25) is 10.2 Å². The maximum Gasteiger partial charge on any atom is 0.256 e. The van der Waals surface area contributed by atoms with E-state index in [-0.39, 0.29) is 11.7 Å². The maximum absolute atomic E-state index is 11.0. The predicted octanol–water partition coefficient (Wildman–Crippen LogP) is 0.182. The number of hydrogen-bond acceptors (Lipinski definition) is 4. The zero-order valence-corrected chi connectivity index (χ0v) is 7.82. The number of nitrogens with one attached hydrogen (secondary N) is 2. The Morgan fingerprint density at radius 3 is 2.86 bits per heavy atom. The third kappa shape index (κ3) is 2.63. The van der Waals surface area contributed by atoms with Gasteiger partial charge in [-0.15, -0.1) is 0 Å². The fourth-order valence-electron chi connectivity index (χ4n) is 1.04. The fourth-order valence-corrected chi connectivity index (χ4v) is 1.04.